The molecular formula is C26H28N4O3. The zero-order valence-corrected chi connectivity index (χ0v) is 18.8. The lowest BCUT2D eigenvalue weighted by Gasteiger charge is -2.33. The van der Waals surface area contributed by atoms with E-state index < -0.39 is 6.09 Å². The third kappa shape index (κ3) is 3.46. The zero-order valence-electron chi connectivity index (χ0n) is 18.8. The number of likely N-dealkylation sites (tertiary alicyclic amines) is 1. The maximum absolute atomic E-state index is 12.8. The summed E-state index contributed by atoms with van der Waals surface area (Å²) in [4.78, 5) is 36.1. The van der Waals surface area contributed by atoms with Gasteiger partial charge >= 0.3 is 6.09 Å². The number of fused-ring (bicyclic) bond motifs is 2. The molecule has 1 aliphatic carbocycles. The summed E-state index contributed by atoms with van der Waals surface area (Å²) in [5, 5.41) is 10.9. The molecule has 1 aromatic carbocycles. The lowest BCUT2D eigenvalue weighted by atomic mass is 9.86. The molecule has 1 atom stereocenters. The largest absolute Gasteiger partial charge is 0.465 e. The minimum atomic E-state index is -0.857. The Morgan fingerprint density at radius 2 is 1.97 bits per heavy atom. The molecule has 0 bridgehead atoms. The van der Waals surface area contributed by atoms with Gasteiger partial charge in [-0.05, 0) is 85.0 Å². The second-order valence-electron chi connectivity index (χ2n) is 9.71. The minimum Gasteiger partial charge on any atom is -0.465 e. The molecule has 1 saturated heterocycles. The number of carbonyl (C=O) groups excluding carboxylic acids is 1. The van der Waals surface area contributed by atoms with Crippen LogP contribution in [0.3, 0.4) is 0 Å². The number of hydrogen-bond donors (Lipinski definition) is 2. The quantitative estimate of drug-likeness (QED) is 0.615. The summed E-state index contributed by atoms with van der Waals surface area (Å²) < 4.78 is 0. The van der Waals surface area contributed by atoms with E-state index in [1.807, 2.05) is 17.3 Å². The highest BCUT2D eigenvalue weighted by Gasteiger charge is 2.37. The first-order valence-corrected chi connectivity index (χ1v) is 11.9. The number of nitrogens with one attached hydrogen (secondary N) is 1. The van der Waals surface area contributed by atoms with Gasteiger partial charge in [-0.25, -0.2) is 9.78 Å². The lowest BCUT2D eigenvalue weighted by molar-refractivity contribution is -0.133. The van der Waals surface area contributed by atoms with Gasteiger partial charge in [-0.15, -0.1) is 0 Å². The number of aryl methyl sites for hydroxylation is 1. The second kappa shape index (κ2) is 7.61. The van der Waals surface area contributed by atoms with Gasteiger partial charge in [0.15, 0.2) is 0 Å². The van der Waals surface area contributed by atoms with Crippen LogP contribution in [0.1, 0.15) is 54.0 Å². The van der Waals surface area contributed by atoms with Gasteiger partial charge in [0.1, 0.15) is 5.65 Å². The summed E-state index contributed by atoms with van der Waals surface area (Å²) in [7, 11) is 0. The van der Waals surface area contributed by atoms with Crippen molar-refractivity contribution in [3.05, 3.63) is 52.8 Å². The zero-order chi connectivity index (χ0) is 22.7. The van der Waals surface area contributed by atoms with Crippen LogP contribution in [0.15, 0.2) is 30.6 Å². The van der Waals surface area contributed by atoms with Crippen molar-refractivity contribution in [2.75, 3.05) is 13.1 Å². The molecule has 7 nitrogen and oxygen atoms in total. The SMILES string of the molecule is Cc1c[nH]c2ncc(-c3cc4c(c([C@@H]5CCCN5C(=O)O)c3)CCN(C(=O)C3CC3)C4)cc12. The number of H-pyrrole nitrogens is 1. The van der Waals surface area contributed by atoms with Crippen molar-refractivity contribution >= 4 is 23.0 Å². The number of hydrogen-bond acceptors (Lipinski definition) is 3. The molecule has 33 heavy (non-hydrogen) atoms. The van der Waals surface area contributed by atoms with Gasteiger partial charge in [-0.2, -0.15) is 0 Å². The smallest absolute Gasteiger partial charge is 0.407 e. The van der Waals surface area contributed by atoms with E-state index >= 15 is 0 Å². The number of aromatic amines is 1. The Kier molecular flexibility index (Phi) is 4.67. The summed E-state index contributed by atoms with van der Waals surface area (Å²) in [6, 6.07) is 6.39. The van der Waals surface area contributed by atoms with Gasteiger partial charge in [-0.1, -0.05) is 0 Å². The average molecular weight is 445 g/mol. The molecule has 2 aliphatic heterocycles. The summed E-state index contributed by atoms with van der Waals surface area (Å²) in [6.45, 7) is 3.95. The van der Waals surface area contributed by atoms with E-state index in [1.54, 1.807) is 4.90 Å². The molecule has 3 aromatic rings. The number of carboxylic acid groups (broad SMARTS) is 1. The first-order chi connectivity index (χ1) is 16.0. The number of rotatable bonds is 3. The van der Waals surface area contributed by atoms with Crippen molar-refractivity contribution in [2.45, 2.75) is 51.6 Å². The molecule has 4 heterocycles. The van der Waals surface area contributed by atoms with Gasteiger partial charge < -0.3 is 19.9 Å². The van der Waals surface area contributed by atoms with Crippen LogP contribution >= 0.6 is 0 Å². The number of nitrogens with zero attached hydrogens (tertiary/aromatic N) is 3. The molecule has 2 fully saturated rings. The monoisotopic (exact) mass is 444 g/mol. The third-order valence-corrected chi connectivity index (χ3v) is 7.54. The lowest BCUT2D eigenvalue weighted by Crippen LogP contribution is -2.38. The normalized spacial score (nSPS) is 20.3. The van der Waals surface area contributed by atoms with E-state index in [0.717, 1.165) is 71.0 Å². The molecule has 7 heteroatoms. The van der Waals surface area contributed by atoms with Crippen LogP contribution in [0.5, 0.6) is 0 Å². The van der Waals surface area contributed by atoms with E-state index in [4.69, 9.17) is 0 Å². The fourth-order valence-electron chi connectivity index (χ4n) is 5.59. The van der Waals surface area contributed by atoms with Crippen LogP contribution in [-0.4, -0.2) is 50.0 Å². The van der Waals surface area contributed by atoms with E-state index in [2.05, 4.69) is 35.1 Å². The van der Waals surface area contributed by atoms with Crippen LogP contribution in [0.4, 0.5) is 4.79 Å². The summed E-state index contributed by atoms with van der Waals surface area (Å²) >= 11 is 0. The van der Waals surface area contributed by atoms with Crippen LogP contribution in [0.2, 0.25) is 0 Å². The Labute approximate surface area is 192 Å². The first-order valence-electron chi connectivity index (χ1n) is 11.9. The average Bonchev–Trinajstić information content (AvgIpc) is 3.44. The van der Waals surface area contributed by atoms with Crippen LogP contribution in [-0.2, 0) is 17.8 Å². The molecular weight excluding hydrogens is 416 g/mol. The summed E-state index contributed by atoms with van der Waals surface area (Å²) in [5.41, 5.74) is 7.54. The Morgan fingerprint density at radius 3 is 2.76 bits per heavy atom. The first kappa shape index (κ1) is 20.3. The van der Waals surface area contributed by atoms with Gasteiger partial charge in [0.2, 0.25) is 5.91 Å². The molecule has 0 spiro atoms. The highest BCUT2D eigenvalue weighted by atomic mass is 16.4. The maximum atomic E-state index is 12.8. The van der Waals surface area contributed by atoms with E-state index in [0.29, 0.717) is 19.6 Å². The molecule has 2 N–H and O–H groups in total. The molecule has 0 radical (unpaired) electrons. The number of aromatic nitrogens is 2. The third-order valence-electron chi connectivity index (χ3n) is 7.54. The van der Waals surface area contributed by atoms with Crippen LogP contribution < -0.4 is 0 Å². The highest BCUT2D eigenvalue weighted by Crippen LogP contribution is 2.40. The number of carbonyl (C=O) groups is 2. The fourth-order valence-corrected chi connectivity index (χ4v) is 5.59. The van der Waals surface area contributed by atoms with Crippen molar-refractivity contribution in [3.63, 3.8) is 0 Å². The summed E-state index contributed by atoms with van der Waals surface area (Å²) in [5.74, 6) is 0.473. The maximum Gasteiger partial charge on any atom is 0.407 e. The Hall–Kier alpha value is -3.35. The van der Waals surface area contributed by atoms with Gasteiger partial charge in [-0.3, -0.25) is 4.79 Å². The molecule has 2 aromatic heterocycles. The molecule has 6 rings (SSSR count). The van der Waals surface area contributed by atoms with Crippen molar-refractivity contribution < 1.29 is 14.7 Å². The number of pyridine rings is 1. The van der Waals surface area contributed by atoms with Gasteiger partial charge in [0.05, 0.1) is 6.04 Å². The standard InChI is InChI=1S/C26H28N4O3/c1-15-12-27-24-21(15)11-18(13-28-24)17-9-19-14-29(25(31)16-4-5-16)8-6-20(19)22(10-17)23-3-2-7-30(23)26(32)33/h9-13,16,23H,2-8,14H2,1H3,(H,27,28)(H,32,33)/t23-/m0/s1. The molecule has 170 valence electrons. The van der Waals surface area contributed by atoms with Gasteiger partial charge in [0, 0.05) is 48.9 Å². The number of amides is 2. The Bertz CT molecular complexity index is 1280. The number of benzene rings is 1. The molecule has 1 saturated carbocycles. The van der Waals surface area contributed by atoms with E-state index in [1.165, 1.54) is 5.56 Å². The highest BCUT2D eigenvalue weighted by molar-refractivity contribution is 5.85. The van der Waals surface area contributed by atoms with Crippen molar-refractivity contribution in [1.29, 1.82) is 0 Å². The van der Waals surface area contributed by atoms with Crippen molar-refractivity contribution in [1.82, 2.24) is 19.8 Å². The Morgan fingerprint density at radius 1 is 1.12 bits per heavy atom. The van der Waals surface area contributed by atoms with Crippen LogP contribution in [0, 0.1) is 12.8 Å². The fraction of sp³-hybridized carbons (Fsp3) is 0.423. The van der Waals surface area contributed by atoms with Gasteiger partial charge in [0.25, 0.3) is 0 Å². The predicted molar refractivity (Wildman–Crippen MR) is 125 cm³/mol. The second-order valence-corrected chi connectivity index (χ2v) is 9.71. The van der Waals surface area contributed by atoms with Crippen LogP contribution in [0.25, 0.3) is 22.2 Å². The van der Waals surface area contributed by atoms with E-state index in [9.17, 15) is 14.7 Å². The minimum absolute atomic E-state index is 0.132. The molecule has 0 unspecified atom stereocenters. The molecule has 3 aliphatic rings. The predicted octanol–water partition coefficient (Wildman–Crippen LogP) is 4.65. The summed E-state index contributed by atoms with van der Waals surface area (Å²) in [6.07, 6.45) is 7.48. The Balaban J connectivity index is 1.46. The van der Waals surface area contributed by atoms with E-state index in [-0.39, 0.29) is 17.9 Å². The van der Waals surface area contributed by atoms with Crippen molar-refractivity contribution in [2.24, 2.45) is 5.92 Å². The molecule has 2 amide bonds. The van der Waals surface area contributed by atoms with Crippen molar-refractivity contribution in [3.8, 4) is 11.1 Å². The topological polar surface area (TPSA) is 89.5 Å².